The molecule has 176 valence electrons. The van der Waals surface area contributed by atoms with Gasteiger partial charge in [0.2, 0.25) is 0 Å². The Bertz CT molecular complexity index is 1450. The number of para-hydroxylation sites is 1. The number of amides is 1. The molecule has 0 atom stereocenters. The van der Waals surface area contributed by atoms with Crippen molar-refractivity contribution in [2.75, 3.05) is 12.9 Å². The molecule has 3 aromatic carbocycles. The molecule has 1 amide bonds. The number of fused-ring (bicyclic) bond motifs is 1. The van der Waals surface area contributed by atoms with E-state index < -0.39 is 0 Å². The maximum atomic E-state index is 13.3. The van der Waals surface area contributed by atoms with Gasteiger partial charge in [0, 0.05) is 0 Å². The lowest BCUT2D eigenvalue weighted by atomic mass is 10.1. The van der Waals surface area contributed by atoms with E-state index >= 15 is 0 Å². The van der Waals surface area contributed by atoms with E-state index in [-0.39, 0.29) is 17.2 Å². The monoisotopic (exact) mass is 484 g/mol. The van der Waals surface area contributed by atoms with Gasteiger partial charge < -0.3 is 4.74 Å². The van der Waals surface area contributed by atoms with E-state index in [0.29, 0.717) is 27.5 Å². The average molecular weight is 485 g/mol. The van der Waals surface area contributed by atoms with Crippen LogP contribution in [-0.2, 0) is 4.79 Å². The smallest absolute Gasteiger partial charge is 0.266 e. The zero-order valence-electron chi connectivity index (χ0n) is 19.3. The number of methoxy groups -OCH3 is 1. The summed E-state index contributed by atoms with van der Waals surface area (Å²) >= 11 is 1.17. The number of hydrogen-bond acceptors (Lipinski definition) is 6. The van der Waals surface area contributed by atoms with Crippen molar-refractivity contribution in [3.05, 3.63) is 100 Å². The van der Waals surface area contributed by atoms with Crippen LogP contribution in [0.5, 0.6) is 5.75 Å². The summed E-state index contributed by atoms with van der Waals surface area (Å²) in [4.78, 5) is 30.4. The van der Waals surface area contributed by atoms with Gasteiger partial charge >= 0.3 is 0 Å². The van der Waals surface area contributed by atoms with Crippen molar-refractivity contribution in [1.82, 2.24) is 15.0 Å². The van der Waals surface area contributed by atoms with Crippen molar-refractivity contribution in [3.63, 3.8) is 0 Å². The molecule has 0 fully saturated rings. The van der Waals surface area contributed by atoms with Crippen LogP contribution in [0.4, 0.5) is 0 Å². The first-order valence-electron chi connectivity index (χ1n) is 10.9. The Hall–Kier alpha value is -4.17. The van der Waals surface area contributed by atoms with Crippen molar-refractivity contribution in [3.8, 4) is 11.4 Å². The van der Waals surface area contributed by atoms with E-state index in [4.69, 9.17) is 4.74 Å². The fourth-order valence-electron chi connectivity index (χ4n) is 3.39. The first-order valence-corrected chi connectivity index (χ1v) is 11.9. The molecule has 0 aliphatic carbocycles. The van der Waals surface area contributed by atoms with Crippen LogP contribution in [0.15, 0.2) is 99.5 Å². The molecule has 0 aliphatic rings. The normalized spacial score (nSPS) is 11.7. The Kier molecular flexibility index (Phi) is 7.74. The van der Waals surface area contributed by atoms with Gasteiger partial charge in [-0.3, -0.25) is 14.2 Å². The minimum Gasteiger partial charge on any atom is -0.497 e. The molecule has 0 saturated carbocycles. The highest BCUT2D eigenvalue weighted by atomic mass is 32.2. The quantitative estimate of drug-likeness (QED) is 0.170. The molecule has 0 unspecified atom stereocenters. The van der Waals surface area contributed by atoms with Crippen LogP contribution < -0.4 is 15.7 Å². The van der Waals surface area contributed by atoms with Gasteiger partial charge in [0.25, 0.3) is 11.5 Å². The van der Waals surface area contributed by atoms with Crippen molar-refractivity contribution >= 4 is 40.9 Å². The molecule has 1 heterocycles. The SMILES string of the molecule is COc1ccc(-n2c(SCC(=O)N/N=C\C(C)=Cc3ccccc3)nc3ccccc3c2=O)cc1. The third-order valence-corrected chi connectivity index (χ3v) is 6.00. The summed E-state index contributed by atoms with van der Waals surface area (Å²) in [5.74, 6) is 0.417. The Morgan fingerprint density at radius 2 is 1.77 bits per heavy atom. The molecule has 0 radical (unpaired) electrons. The molecule has 1 aromatic heterocycles. The third-order valence-electron chi connectivity index (χ3n) is 5.06. The average Bonchev–Trinajstić information content (AvgIpc) is 2.88. The summed E-state index contributed by atoms with van der Waals surface area (Å²) in [6, 6.07) is 24.1. The Morgan fingerprint density at radius 3 is 2.51 bits per heavy atom. The lowest BCUT2D eigenvalue weighted by molar-refractivity contribution is -0.118. The van der Waals surface area contributed by atoms with E-state index in [1.807, 2.05) is 49.4 Å². The Balaban J connectivity index is 1.51. The number of allylic oxidation sites excluding steroid dienone is 1. The zero-order chi connectivity index (χ0) is 24.6. The molecule has 0 saturated heterocycles. The lowest BCUT2D eigenvalue weighted by Gasteiger charge is -2.13. The second-order valence-corrected chi connectivity index (χ2v) is 8.57. The molecule has 35 heavy (non-hydrogen) atoms. The Labute approximate surface area is 207 Å². The predicted molar refractivity (Wildman–Crippen MR) is 141 cm³/mol. The Morgan fingerprint density at radius 1 is 1.06 bits per heavy atom. The van der Waals surface area contributed by atoms with Gasteiger partial charge in [0.15, 0.2) is 5.16 Å². The summed E-state index contributed by atoms with van der Waals surface area (Å²) in [7, 11) is 1.58. The van der Waals surface area contributed by atoms with Gasteiger partial charge in [-0.1, -0.05) is 60.3 Å². The van der Waals surface area contributed by atoms with Gasteiger partial charge in [-0.05, 0) is 54.5 Å². The standard InChI is InChI=1S/C27H24N4O3S/c1-19(16-20-8-4-3-5-9-20)17-28-30-25(32)18-35-27-29-24-11-7-6-10-23(24)26(33)31(27)21-12-14-22(34-2)15-13-21/h3-17H,18H2,1-2H3,(H,30,32)/b19-16?,28-17-. The second-order valence-electron chi connectivity index (χ2n) is 7.63. The van der Waals surface area contributed by atoms with E-state index in [1.54, 1.807) is 55.8 Å². The molecule has 4 aromatic rings. The van der Waals surface area contributed by atoms with Gasteiger partial charge in [-0.25, -0.2) is 10.4 Å². The number of carbonyl (C=O) groups excluding carboxylic acids is 1. The van der Waals surface area contributed by atoms with E-state index in [2.05, 4.69) is 15.5 Å². The number of aromatic nitrogens is 2. The van der Waals surface area contributed by atoms with Crippen LogP contribution in [0.1, 0.15) is 12.5 Å². The molecule has 0 spiro atoms. The summed E-state index contributed by atoms with van der Waals surface area (Å²) in [5.41, 5.74) is 5.49. The summed E-state index contributed by atoms with van der Waals surface area (Å²) in [6.45, 7) is 1.91. The fraction of sp³-hybridized carbons (Fsp3) is 0.111. The number of thioether (sulfide) groups is 1. The number of rotatable bonds is 8. The lowest BCUT2D eigenvalue weighted by Crippen LogP contribution is -2.24. The highest BCUT2D eigenvalue weighted by molar-refractivity contribution is 7.99. The first kappa shape index (κ1) is 24.0. The first-order chi connectivity index (χ1) is 17.0. The van der Waals surface area contributed by atoms with E-state index in [1.165, 1.54) is 16.3 Å². The maximum Gasteiger partial charge on any atom is 0.266 e. The van der Waals surface area contributed by atoms with Crippen LogP contribution in [0.25, 0.3) is 22.7 Å². The highest BCUT2D eigenvalue weighted by Crippen LogP contribution is 2.22. The van der Waals surface area contributed by atoms with Crippen LogP contribution in [0, 0.1) is 0 Å². The third kappa shape index (κ3) is 6.04. The number of nitrogens with zero attached hydrogens (tertiary/aromatic N) is 3. The zero-order valence-corrected chi connectivity index (χ0v) is 20.2. The van der Waals surface area contributed by atoms with Gasteiger partial charge in [-0.2, -0.15) is 5.10 Å². The number of ether oxygens (including phenoxy) is 1. The van der Waals surface area contributed by atoms with Crippen molar-refractivity contribution < 1.29 is 9.53 Å². The van der Waals surface area contributed by atoms with E-state index in [9.17, 15) is 9.59 Å². The number of nitrogens with one attached hydrogen (secondary N) is 1. The number of carbonyl (C=O) groups is 1. The van der Waals surface area contributed by atoms with Gasteiger partial charge in [0.05, 0.1) is 35.7 Å². The van der Waals surface area contributed by atoms with Crippen LogP contribution in [0.2, 0.25) is 0 Å². The topological polar surface area (TPSA) is 85.6 Å². The number of hydrogen-bond donors (Lipinski definition) is 1. The largest absolute Gasteiger partial charge is 0.497 e. The van der Waals surface area contributed by atoms with Gasteiger partial charge in [-0.15, -0.1) is 0 Å². The van der Waals surface area contributed by atoms with Crippen LogP contribution >= 0.6 is 11.8 Å². The molecule has 1 N–H and O–H groups in total. The maximum absolute atomic E-state index is 13.3. The summed E-state index contributed by atoms with van der Waals surface area (Å²) < 4.78 is 6.73. The molecule has 7 nitrogen and oxygen atoms in total. The molecule has 4 rings (SSSR count). The van der Waals surface area contributed by atoms with E-state index in [0.717, 1.165) is 11.1 Å². The molecular formula is C27H24N4O3S. The van der Waals surface area contributed by atoms with Crippen LogP contribution in [0.3, 0.4) is 0 Å². The van der Waals surface area contributed by atoms with Crippen molar-refractivity contribution in [1.29, 1.82) is 0 Å². The number of benzene rings is 3. The van der Waals surface area contributed by atoms with Gasteiger partial charge in [0.1, 0.15) is 5.75 Å². The highest BCUT2D eigenvalue weighted by Gasteiger charge is 2.15. The summed E-state index contributed by atoms with van der Waals surface area (Å²) in [5, 5.41) is 4.96. The molecule has 0 aliphatic heterocycles. The van der Waals surface area contributed by atoms with Crippen LogP contribution in [-0.4, -0.2) is 34.5 Å². The molecule has 8 heteroatoms. The number of hydrazone groups is 1. The van der Waals surface area contributed by atoms with Crippen molar-refractivity contribution in [2.24, 2.45) is 5.10 Å². The molecule has 0 bridgehead atoms. The predicted octanol–water partition coefficient (Wildman–Crippen LogP) is 4.69. The second kappa shape index (κ2) is 11.3. The van der Waals surface area contributed by atoms with Crippen molar-refractivity contribution in [2.45, 2.75) is 12.1 Å². The molecular weight excluding hydrogens is 460 g/mol. The summed E-state index contributed by atoms with van der Waals surface area (Å²) in [6.07, 6.45) is 3.56. The minimum absolute atomic E-state index is 0.0414. The fourth-order valence-corrected chi connectivity index (χ4v) is 4.19. The minimum atomic E-state index is -0.303.